The summed E-state index contributed by atoms with van der Waals surface area (Å²) in [6.45, 7) is 1.46. The molecule has 1 atom stereocenters. The Balaban J connectivity index is 2.17. The van der Waals surface area contributed by atoms with Crippen LogP contribution in [-0.4, -0.2) is 37.1 Å². The standard InChI is InChI=1S/C13H16BrNO2S/c1-17-9-3-2-6-15(8-9)13(16)11-7-10(18)4-5-12(11)14/h4-5,7,9,18H,2-3,6,8H2,1H3. The Bertz CT molecular complexity index is 453. The number of benzene rings is 1. The normalized spacial score (nSPS) is 19.9. The molecule has 0 radical (unpaired) electrons. The van der Waals surface area contributed by atoms with Gasteiger partial charge in [0.2, 0.25) is 0 Å². The Morgan fingerprint density at radius 1 is 1.56 bits per heavy atom. The van der Waals surface area contributed by atoms with E-state index in [4.69, 9.17) is 4.74 Å². The number of ether oxygens (including phenoxy) is 1. The molecule has 0 spiro atoms. The molecule has 0 bridgehead atoms. The molecule has 1 aromatic rings. The largest absolute Gasteiger partial charge is 0.380 e. The molecule has 0 aliphatic carbocycles. The Morgan fingerprint density at radius 2 is 2.33 bits per heavy atom. The van der Waals surface area contributed by atoms with Crippen molar-refractivity contribution >= 4 is 34.5 Å². The maximum absolute atomic E-state index is 12.4. The predicted octanol–water partition coefficient (Wildman–Crippen LogP) is 2.99. The summed E-state index contributed by atoms with van der Waals surface area (Å²) in [7, 11) is 1.70. The number of thiol groups is 1. The minimum Gasteiger partial charge on any atom is -0.380 e. The number of nitrogens with zero attached hydrogens (tertiary/aromatic N) is 1. The van der Waals surface area contributed by atoms with Gasteiger partial charge in [0.1, 0.15) is 0 Å². The monoisotopic (exact) mass is 329 g/mol. The van der Waals surface area contributed by atoms with Gasteiger partial charge in [-0.1, -0.05) is 0 Å². The van der Waals surface area contributed by atoms with E-state index in [0.29, 0.717) is 12.1 Å². The van der Waals surface area contributed by atoms with E-state index in [9.17, 15) is 4.79 Å². The maximum atomic E-state index is 12.4. The van der Waals surface area contributed by atoms with Crippen molar-refractivity contribution in [2.45, 2.75) is 23.8 Å². The van der Waals surface area contributed by atoms with Crippen LogP contribution < -0.4 is 0 Å². The van der Waals surface area contributed by atoms with Gasteiger partial charge in [-0.3, -0.25) is 4.79 Å². The lowest BCUT2D eigenvalue weighted by Crippen LogP contribution is -2.43. The average molecular weight is 330 g/mol. The molecule has 0 N–H and O–H groups in total. The van der Waals surface area contributed by atoms with E-state index < -0.39 is 0 Å². The van der Waals surface area contributed by atoms with Crippen LogP contribution >= 0.6 is 28.6 Å². The smallest absolute Gasteiger partial charge is 0.255 e. The zero-order valence-electron chi connectivity index (χ0n) is 10.2. The number of hydrogen-bond acceptors (Lipinski definition) is 3. The Kier molecular flexibility index (Phi) is 4.70. The highest BCUT2D eigenvalue weighted by Gasteiger charge is 2.25. The first-order chi connectivity index (χ1) is 8.61. The van der Waals surface area contributed by atoms with Gasteiger partial charge < -0.3 is 9.64 Å². The van der Waals surface area contributed by atoms with Crippen LogP contribution in [0, 0.1) is 0 Å². The number of carbonyl (C=O) groups is 1. The Hall–Kier alpha value is -0.520. The number of carbonyl (C=O) groups excluding carboxylic acids is 1. The van der Waals surface area contributed by atoms with Crippen molar-refractivity contribution in [3.8, 4) is 0 Å². The van der Waals surface area contributed by atoms with Crippen molar-refractivity contribution in [3.05, 3.63) is 28.2 Å². The molecule has 1 amide bonds. The molecular weight excluding hydrogens is 314 g/mol. The van der Waals surface area contributed by atoms with Crippen molar-refractivity contribution in [2.75, 3.05) is 20.2 Å². The van der Waals surface area contributed by atoms with Crippen LogP contribution in [0.2, 0.25) is 0 Å². The van der Waals surface area contributed by atoms with Crippen molar-refractivity contribution in [3.63, 3.8) is 0 Å². The SMILES string of the molecule is COC1CCCN(C(=O)c2cc(S)ccc2Br)C1. The van der Waals surface area contributed by atoms with Crippen LogP contribution in [0.4, 0.5) is 0 Å². The average Bonchev–Trinajstić information content (AvgIpc) is 2.41. The molecule has 98 valence electrons. The van der Waals surface area contributed by atoms with Gasteiger partial charge in [-0.2, -0.15) is 0 Å². The number of rotatable bonds is 2. The van der Waals surface area contributed by atoms with Gasteiger partial charge in [0.25, 0.3) is 5.91 Å². The van der Waals surface area contributed by atoms with E-state index >= 15 is 0 Å². The first-order valence-corrected chi connectivity index (χ1v) is 7.16. The predicted molar refractivity (Wildman–Crippen MR) is 77.3 cm³/mol. The maximum Gasteiger partial charge on any atom is 0.255 e. The summed E-state index contributed by atoms with van der Waals surface area (Å²) in [4.78, 5) is 15.1. The summed E-state index contributed by atoms with van der Waals surface area (Å²) in [5, 5.41) is 0. The van der Waals surface area contributed by atoms with Gasteiger partial charge in [0, 0.05) is 29.6 Å². The van der Waals surface area contributed by atoms with Crippen molar-refractivity contribution in [1.29, 1.82) is 0 Å². The van der Waals surface area contributed by atoms with Crippen molar-refractivity contribution < 1.29 is 9.53 Å². The zero-order valence-corrected chi connectivity index (χ0v) is 12.7. The summed E-state index contributed by atoms with van der Waals surface area (Å²) in [5.41, 5.74) is 0.666. The highest BCUT2D eigenvalue weighted by atomic mass is 79.9. The first kappa shape index (κ1) is 13.9. The number of methoxy groups -OCH3 is 1. The van der Waals surface area contributed by atoms with Crippen LogP contribution in [0.3, 0.4) is 0 Å². The van der Waals surface area contributed by atoms with Gasteiger partial charge in [0.05, 0.1) is 11.7 Å². The third kappa shape index (κ3) is 3.08. The van der Waals surface area contributed by atoms with Crippen LogP contribution in [0.5, 0.6) is 0 Å². The lowest BCUT2D eigenvalue weighted by molar-refractivity contribution is 0.0268. The van der Waals surface area contributed by atoms with E-state index in [1.165, 1.54) is 0 Å². The molecule has 1 aliphatic heterocycles. The lowest BCUT2D eigenvalue weighted by Gasteiger charge is -2.32. The number of piperidine rings is 1. The minimum absolute atomic E-state index is 0.0412. The summed E-state index contributed by atoms with van der Waals surface area (Å²) >= 11 is 7.70. The fourth-order valence-electron chi connectivity index (χ4n) is 2.16. The molecule has 1 aromatic carbocycles. The van der Waals surface area contributed by atoms with Crippen LogP contribution in [0.25, 0.3) is 0 Å². The van der Waals surface area contributed by atoms with E-state index in [0.717, 1.165) is 28.8 Å². The number of hydrogen-bond donors (Lipinski definition) is 1. The van der Waals surface area contributed by atoms with Gasteiger partial charge in [-0.15, -0.1) is 12.6 Å². The Labute approximate surface area is 121 Å². The zero-order chi connectivity index (χ0) is 13.1. The fraction of sp³-hybridized carbons (Fsp3) is 0.462. The second kappa shape index (κ2) is 6.08. The van der Waals surface area contributed by atoms with Gasteiger partial charge in [-0.05, 0) is 47.0 Å². The van der Waals surface area contributed by atoms with Crippen molar-refractivity contribution in [2.24, 2.45) is 0 Å². The molecule has 1 unspecified atom stereocenters. The van der Waals surface area contributed by atoms with Crippen LogP contribution in [0.1, 0.15) is 23.2 Å². The second-order valence-electron chi connectivity index (χ2n) is 4.42. The lowest BCUT2D eigenvalue weighted by atomic mass is 10.1. The molecule has 18 heavy (non-hydrogen) atoms. The quantitative estimate of drug-likeness (QED) is 0.845. The van der Waals surface area contributed by atoms with Crippen molar-refractivity contribution in [1.82, 2.24) is 4.90 Å². The Morgan fingerprint density at radius 3 is 3.06 bits per heavy atom. The molecule has 1 saturated heterocycles. The fourth-order valence-corrected chi connectivity index (χ4v) is 2.78. The van der Waals surface area contributed by atoms with Gasteiger partial charge in [0.15, 0.2) is 0 Å². The van der Waals surface area contributed by atoms with E-state index in [-0.39, 0.29) is 12.0 Å². The van der Waals surface area contributed by atoms with Gasteiger partial charge in [-0.25, -0.2) is 0 Å². The molecule has 1 heterocycles. The summed E-state index contributed by atoms with van der Waals surface area (Å²) in [6.07, 6.45) is 2.16. The van der Waals surface area contributed by atoms with Gasteiger partial charge >= 0.3 is 0 Å². The number of halogens is 1. The third-order valence-electron chi connectivity index (χ3n) is 3.18. The van der Waals surface area contributed by atoms with Crippen LogP contribution in [0.15, 0.2) is 27.6 Å². The van der Waals surface area contributed by atoms with E-state index in [1.807, 2.05) is 17.0 Å². The topological polar surface area (TPSA) is 29.5 Å². The second-order valence-corrected chi connectivity index (χ2v) is 5.79. The molecule has 2 rings (SSSR count). The molecule has 1 aliphatic rings. The minimum atomic E-state index is 0.0412. The highest BCUT2D eigenvalue weighted by molar-refractivity contribution is 9.10. The van der Waals surface area contributed by atoms with E-state index in [2.05, 4.69) is 28.6 Å². The molecule has 0 aromatic heterocycles. The molecular formula is C13H16BrNO2S. The molecule has 0 saturated carbocycles. The summed E-state index contributed by atoms with van der Waals surface area (Å²) in [6, 6.07) is 5.51. The number of amides is 1. The summed E-state index contributed by atoms with van der Waals surface area (Å²) in [5.74, 6) is 0.0412. The van der Waals surface area contributed by atoms with Crippen LogP contribution in [-0.2, 0) is 4.74 Å². The molecule has 3 nitrogen and oxygen atoms in total. The molecule has 1 fully saturated rings. The van der Waals surface area contributed by atoms with E-state index in [1.54, 1.807) is 13.2 Å². The number of likely N-dealkylation sites (tertiary alicyclic amines) is 1. The summed E-state index contributed by atoms with van der Waals surface area (Å²) < 4.78 is 6.15. The molecule has 5 heteroatoms. The highest BCUT2D eigenvalue weighted by Crippen LogP contribution is 2.23. The first-order valence-electron chi connectivity index (χ1n) is 5.92. The third-order valence-corrected chi connectivity index (χ3v) is 4.15.